The van der Waals surface area contributed by atoms with E-state index in [1.165, 1.54) is 45.9 Å². The molecule has 0 saturated heterocycles. The monoisotopic (exact) mass is 410 g/mol. The fourth-order valence-corrected chi connectivity index (χ4v) is 4.97. The van der Waals surface area contributed by atoms with Crippen molar-refractivity contribution in [3.63, 3.8) is 0 Å². The zero-order valence-corrected chi connectivity index (χ0v) is 17.0. The molecule has 0 heterocycles. The number of benzene rings is 3. The summed E-state index contributed by atoms with van der Waals surface area (Å²) in [5, 5.41) is 21.5. The fraction of sp³-hybridized carbons (Fsp3) is 0.185. The Labute approximate surface area is 180 Å². The highest BCUT2D eigenvalue weighted by Gasteiger charge is 2.22. The van der Waals surface area contributed by atoms with Gasteiger partial charge in [-0.2, -0.15) is 0 Å². The Bertz CT molecular complexity index is 1280. The quantitative estimate of drug-likeness (QED) is 0.563. The van der Waals surface area contributed by atoms with Gasteiger partial charge in [-0.3, -0.25) is 0 Å². The molecule has 0 spiro atoms. The van der Waals surface area contributed by atoms with Crippen LogP contribution in [0.2, 0.25) is 0 Å². The number of rotatable bonds is 4. The lowest BCUT2D eigenvalue weighted by Crippen LogP contribution is -2.10. The maximum Gasteiger partial charge on any atom is 0.336 e. The van der Waals surface area contributed by atoms with Crippen LogP contribution in [-0.4, -0.2) is 22.2 Å². The first-order valence-electron chi connectivity index (χ1n) is 10.5. The zero-order valence-electron chi connectivity index (χ0n) is 17.0. The first kappa shape index (κ1) is 19.3. The van der Waals surface area contributed by atoms with Crippen molar-refractivity contribution in [1.82, 2.24) is 0 Å². The van der Waals surface area contributed by atoms with Gasteiger partial charge in [-0.1, -0.05) is 54.1 Å². The molecule has 0 atom stereocenters. The van der Waals surface area contributed by atoms with Crippen LogP contribution >= 0.6 is 0 Å². The van der Waals surface area contributed by atoms with Gasteiger partial charge in [-0.15, -0.1) is 0 Å². The minimum absolute atomic E-state index is 0.0391. The van der Waals surface area contributed by atoms with Gasteiger partial charge in [0, 0.05) is 0 Å². The van der Waals surface area contributed by atoms with Gasteiger partial charge >= 0.3 is 11.9 Å². The third kappa shape index (κ3) is 3.34. The first-order valence-corrected chi connectivity index (χ1v) is 10.5. The van der Waals surface area contributed by atoms with E-state index in [1.807, 2.05) is 6.07 Å². The molecule has 3 aromatic carbocycles. The summed E-state index contributed by atoms with van der Waals surface area (Å²) in [4.78, 5) is 23.4. The van der Waals surface area contributed by atoms with Crippen molar-refractivity contribution in [2.45, 2.75) is 32.1 Å². The summed E-state index contributed by atoms with van der Waals surface area (Å²) in [6.45, 7) is 0. The maximum absolute atomic E-state index is 11.7. The summed E-state index contributed by atoms with van der Waals surface area (Å²) < 4.78 is 0. The van der Waals surface area contributed by atoms with Crippen LogP contribution in [-0.2, 0) is 12.8 Å². The minimum Gasteiger partial charge on any atom is -0.478 e. The Morgan fingerprint density at radius 3 is 2.35 bits per heavy atom. The number of allylic oxidation sites excluding steroid dienone is 4. The fourth-order valence-electron chi connectivity index (χ4n) is 4.97. The van der Waals surface area contributed by atoms with Crippen LogP contribution in [0.5, 0.6) is 0 Å². The van der Waals surface area contributed by atoms with Crippen LogP contribution in [0.4, 0.5) is 0 Å². The van der Waals surface area contributed by atoms with E-state index >= 15 is 0 Å². The Hall–Kier alpha value is -3.66. The van der Waals surface area contributed by atoms with Crippen molar-refractivity contribution in [2.75, 3.05) is 0 Å². The maximum atomic E-state index is 11.7. The molecule has 4 nitrogen and oxygen atoms in total. The van der Waals surface area contributed by atoms with Crippen LogP contribution in [0.25, 0.3) is 16.3 Å². The van der Waals surface area contributed by atoms with Crippen LogP contribution in [0.1, 0.15) is 62.2 Å². The summed E-state index contributed by atoms with van der Waals surface area (Å²) in [6, 6.07) is 14.9. The van der Waals surface area contributed by atoms with Crippen LogP contribution < -0.4 is 0 Å². The molecular weight excluding hydrogens is 388 g/mol. The van der Waals surface area contributed by atoms with Gasteiger partial charge in [0.1, 0.15) is 0 Å². The second-order valence-electron chi connectivity index (χ2n) is 8.22. The predicted octanol–water partition coefficient (Wildman–Crippen LogP) is 5.88. The van der Waals surface area contributed by atoms with E-state index in [0.717, 1.165) is 36.6 Å². The molecule has 5 rings (SSSR count). The van der Waals surface area contributed by atoms with E-state index in [-0.39, 0.29) is 17.5 Å². The van der Waals surface area contributed by atoms with Crippen molar-refractivity contribution in [3.8, 4) is 0 Å². The van der Waals surface area contributed by atoms with E-state index in [4.69, 9.17) is 0 Å². The molecule has 0 radical (unpaired) electrons. The molecule has 0 bridgehead atoms. The molecule has 0 unspecified atom stereocenters. The third-order valence-corrected chi connectivity index (χ3v) is 6.46. The zero-order chi connectivity index (χ0) is 21.5. The predicted molar refractivity (Wildman–Crippen MR) is 121 cm³/mol. The number of hydrogen-bond donors (Lipinski definition) is 2. The van der Waals surface area contributed by atoms with Gasteiger partial charge in [0.2, 0.25) is 0 Å². The molecular formula is C27H22O4. The molecule has 0 aliphatic heterocycles. The van der Waals surface area contributed by atoms with Gasteiger partial charge in [0.25, 0.3) is 0 Å². The van der Waals surface area contributed by atoms with E-state index in [1.54, 1.807) is 0 Å². The van der Waals surface area contributed by atoms with Crippen LogP contribution in [0, 0.1) is 0 Å². The van der Waals surface area contributed by atoms with Crippen molar-refractivity contribution in [2.24, 2.45) is 0 Å². The number of carbonyl (C=O) groups is 2. The Morgan fingerprint density at radius 1 is 0.871 bits per heavy atom. The molecule has 2 N–H and O–H groups in total. The lowest BCUT2D eigenvalue weighted by atomic mass is 9.79. The van der Waals surface area contributed by atoms with Crippen molar-refractivity contribution < 1.29 is 19.8 Å². The number of carboxylic acids is 2. The molecule has 0 fully saturated rings. The van der Waals surface area contributed by atoms with E-state index in [9.17, 15) is 19.8 Å². The molecule has 3 aromatic rings. The molecule has 154 valence electrons. The standard InChI is InChI=1S/C27H22O4/c28-26(29)22-6-3-7-23(27(30)31)25(22)15-16-8-9-18-11-12-20-19-5-2-1-4-17(19)10-13-21(20)24(18)14-16/h2-3,5-9,11-12,14H,1,4,10,13,15H2,(H,28,29)(H,30,31). The van der Waals surface area contributed by atoms with Crippen LogP contribution in [0.15, 0.2) is 66.3 Å². The summed E-state index contributed by atoms with van der Waals surface area (Å²) in [6.07, 6.45) is 9.06. The highest BCUT2D eigenvalue weighted by Crippen LogP contribution is 2.40. The van der Waals surface area contributed by atoms with Crippen LogP contribution in [0.3, 0.4) is 0 Å². The molecule has 0 saturated carbocycles. The van der Waals surface area contributed by atoms with E-state index in [0.29, 0.717) is 5.56 Å². The Morgan fingerprint density at radius 2 is 1.61 bits per heavy atom. The third-order valence-electron chi connectivity index (χ3n) is 6.46. The molecule has 0 amide bonds. The molecule has 31 heavy (non-hydrogen) atoms. The van der Waals surface area contributed by atoms with Gasteiger partial charge in [0.05, 0.1) is 11.1 Å². The second-order valence-corrected chi connectivity index (χ2v) is 8.22. The Kier molecular flexibility index (Phi) is 4.70. The molecule has 0 aromatic heterocycles. The van der Waals surface area contributed by atoms with Gasteiger partial charge in [-0.25, -0.2) is 9.59 Å². The molecule has 2 aliphatic carbocycles. The van der Waals surface area contributed by atoms with E-state index in [2.05, 4.69) is 36.4 Å². The van der Waals surface area contributed by atoms with Gasteiger partial charge in [-0.05, 0) is 82.8 Å². The average Bonchev–Trinajstić information content (AvgIpc) is 2.78. The summed E-state index contributed by atoms with van der Waals surface area (Å²) in [5.41, 5.74) is 6.84. The number of aromatic carboxylic acids is 2. The average molecular weight is 410 g/mol. The van der Waals surface area contributed by atoms with Crippen molar-refractivity contribution in [3.05, 3.63) is 99.6 Å². The minimum atomic E-state index is -1.11. The normalized spacial score (nSPS) is 15.0. The summed E-state index contributed by atoms with van der Waals surface area (Å²) in [7, 11) is 0. The SMILES string of the molecule is O=C(O)c1cccc(C(=O)O)c1Cc1ccc2ccc3c(c2c1)CCC1=C3C=CCC1. The second kappa shape index (κ2) is 7.55. The van der Waals surface area contributed by atoms with Crippen molar-refractivity contribution >= 4 is 28.3 Å². The molecule has 4 heteroatoms. The first-order chi connectivity index (χ1) is 15.0. The highest BCUT2D eigenvalue weighted by atomic mass is 16.4. The topological polar surface area (TPSA) is 74.6 Å². The number of carboxylic acid groups (broad SMARTS) is 2. The lowest BCUT2D eigenvalue weighted by molar-refractivity contribution is 0.0696. The number of fused-ring (bicyclic) bond motifs is 4. The van der Waals surface area contributed by atoms with E-state index < -0.39 is 11.9 Å². The summed E-state index contributed by atoms with van der Waals surface area (Å²) >= 11 is 0. The molecule has 2 aliphatic rings. The number of aryl methyl sites for hydroxylation is 1. The summed E-state index contributed by atoms with van der Waals surface area (Å²) in [5.74, 6) is -2.22. The lowest BCUT2D eigenvalue weighted by Gasteiger charge is -2.25. The highest BCUT2D eigenvalue weighted by molar-refractivity contribution is 5.97. The van der Waals surface area contributed by atoms with Crippen molar-refractivity contribution in [1.29, 1.82) is 0 Å². The van der Waals surface area contributed by atoms with Gasteiger partial charge in [0.15, 0.2) is 0 Å². The number of hydrogen-bond acceptors (Lipinski definition) is 2. The largest absolute Gasteiger partial charge is 0.478 e. The van der Waals surface area contributed by atoms with Gasteiger partial charge < -0.3 is 10.2 Å². The Balaban J connectivity index is 1.63. The smallest absolute Gasteiger partial charge is 0.336 e.